The second-order valence-electron chi connectivity index (χ2n) is 10.1. The highest BCUT2D eigenvalue weighted by molar-refractivity contribution is 7.92. The lowest BCUT2D eigenvalue weighted by molar-refractivity contribution is -0.140. The summed E-state index contributed by atoms with van der Waals surface area (Å²) in [7, 11) is -2.80. The Hall–Kier alpha value is -4.34. The molecule has 0 spiro atoms. The molecule has 10 heteroatoms. The van der Waals surface area contributed by atoms with Gasteiger partial charge in [-0.15, -0.1) is 0 Å². The monoisotopic (exact) mass is 633 g/mol. The van der Waals surface area contributed by atoms with E-state index in [1.807, 2.05) is 37.3 Å². The molecular weight excluding hydrogens is 598 g/mol. The average Bonchev–Trinajstić information content (AvgIpc) is 3.05. The molecule has 4 rings (SSSR count). The Kier molecular flexibility index (Phi) is 11.4. The lowest BCUT2D eigenvalue weighted by Crippen LogP contribution is -2.53. The molecule has 44 heavy (non-hydrogen) atoms. The summed E-state index contributed by atoms with van der Waals surface area (Å²) in [6, 6.07) is 30.0. The number of methoxy groups -OCH3 is 1. The number of carbonyl (C=O) groups excluding carboxylic acids is 2. The lowest BCUT2D eigenvalue weighted by Gasteiger charge is -2.34. The fourth-order valence-electron chi connectivity index (χ4n) is 4.80. The minimum Gasteiger partial charge on any atom is -0.495 e. The Morgan fingerprint density at radius 1 is 0.864 bits per heavy atom. The number of para-hydroxylation sites is 2. The summed E-state index contributed by atoms with van der Waals surface area (Å²) < 4.78 is 34.8. The lowest BCUT2D eigenvalue weighted by atomic mass is 10.0. The van der Waals surface area contributed by atoms with Gasteiger partial charge in [0, 0.05) is 24.5 Å². The van der Waals surface area contributed by atoms with Crippen LogP contribution in [0.4, 0.5) is 5.69 Å². The fraction of sp³-hybridized carbons (Fsp3) is 0.235. The number of anilines is 1. The summed E-state index contributed by atoms with van der Waals surface area (Å²) in [6.07, 6.45) is 0.922. The van der Waals surface area contributed by atoms with Gasteiger partial charge < -0.3 is 15.0 Å². The maximum atomic E-state index is 14.5. The van der Waals surface area contributed by atoms with Gasteiger partial charge in [0.05, 0.1) is 17.7 Å². The smallest absolute Gasteiger partial charge is 0.264 e. The van der Waals surface area contributed by atoms with E-state index in [0.717, 1.165) is 9.87 Å². The molecule has 0 aliphatic heterocycles. The number of ether oxygens (including phenoxy) is 1. The summed E-state index contributed by atoms with van der Waals surface area (Å²) in [6.45, 7) is 1.77. The van der Waals surface area contributed by atoms with E-state index in [1.54, 1.807) is 66.7 Å². The van der Waals surface area contributed by atoms with Crippen LogP contribution < -0.4 is 14.4 Å². The number of nitrogens with one attached hydrogen (secondary N) is 1. The zero-order chi connectivity index (χ0) is 31.5. The molecule has 0 radical (unpaired) electrons. The first-order chi connectivity index (χ1) is 21.3. The molecule has 2 amide bonds. The zero-order valence-electron chi connectivity index (χ0n) is 24.7. The molecular formula is C34H36ClN3O5S. The van der Waals surface area contributed by atoms with Gasteiger partial charge in [-0.05, 0) is 47.9 Å². The van der Waals surface area contributed by atoms with Crippen LogP contribution >= 0.6 is 11.6 Å². The molecule has 0 saturated heterocycles. The maximum Gasteiger partial charge on any atom is 0.264 e. The number of carbonyl (C=O) groups is 2. The van der Waals surface area contributed by atoms with Crippen LogP contribution in [0.3, 0.4) is 0 Å². The summed E-state index contributed by atoms with van der Waals surface area (Å²) in [5.74, 6) is -0.646. The number of hydrogen-bond donors (Lipinski definition) is 1. The van der Waals surface area contributed by atoms with Gasteiger partial charge in [-0.3, -0.25) is 13.9 Å². The number of hydrogen-bond acceptors (Lipinski definition) is 5. The number of halogens is 1. The molecule has 1 atom stereocenters. The molecule has 0 heterocycles. The predicted molar refractivity (Wildman–Crippen MR) is 173 cm³/mol. The van der Waals surface area contributed by atoms with Crippen LogP contribution in [0.2, 0.25) is 5.02 Å². The van der Waals surface area contributed by atoms with Gasteiger partial charge in [-0.2, -0.15) is 0 Å². The molecule has 230 valence electrons. The highest BCUT2D eigenvalue weighted by Crippen LogP contribution is 2.33. The molecule has 0 saturated carbocycles. The molecule has 4 aromatic carbocycles. The Morgan fingerprint density at radius 3 is 2.14 bits per heavy atom. The SMILES string of the molecule is CCCNC(=O)[C@@H](Cc1ccccc1)N(Cc1ccccc1Cl)C(=O)CN(c1ccccc1OC)S(=O)(=O)c1ccccc1. The van der Waals surface area contributed by atoms with E-state index in [9.17, 15) is 18.0 Å². The first-order valence-electron chi connectivity index (χ1n) is 14.3. The summed E-state index contributed by atoms with van der Waals surface area (Å²) in [4.78, 5) is 29.6. The number of nitrogens with zero attached hydrogens (tertiary/aromatic N) is 2. The van der Waals surface area contributed by atoms with Gasteiger partial charge in [0.25, 0.3) is 10.0 Å². The molecule has 0 unspecified atom stereocenters. The Labute approximate surface area is 264 Å². The highest BCUT2D eigenvalue weighted by atomic mass is 35.5. The normalized spacial score (nSPS) is 11.8. The van der Waals surface area contributed by atoms with Crippen molar-refractivity contribution in [2.75, 3.05) is 24.5 Å². The number of amides is 2. The van der Waals surface area contributed by atoms with E-state index in [0.29, 0.717) is 23.6 Å². The summed E-state index contributed by atoms with van der Waals surface area (Å²) in [5.41, 5.74) is 1.66. The Morgan fingerprint density at radius 2 is 1.48 bits per heavy atom. The molecule has 1 N–H and O–H groups in total. The third-order valence-electron chi connectivity index (χ3n) is 7.08. The standard InChI is InChI=1S/C34H36ClN3O5S/c1-3-22-36-34(40)31(23-26-14-6-4-7-15-26)37(24-27-16-10-11-19-29(27)35)33(39)25-38(30-20-12-13-21-32(30)43-2)44(41,42)28-17-8-5-9-18-28/h4-21,31H,3,22-25H2,1-2H3,(H,36,40)/t31-/m1/s1. The van der Waals surface area contributed by atoms with E-state index >= 15 is 0 Å². The van der Waals surface area contributed by atoms with Crippen LogP contribution in [0.1, 0.15) is 24.5 Å². The van der Waals surface area contributed by atoms with Crippen LogP contribution in [0.15, 0.2) is 114 Å². The van der Waals surface area contributed by atoms with E-state index < -0.39 is 28.5 Å². The Bertz CT molecular complexity index is 1650. The minimum atomic E-state index is -4.24. The third kappa shape index (κ3) is 7.98. The first kappa shape index (κ1) is 32.6. The van der Waals surface area contributed by atoms with Crippen molar-refractivity contribution in [1.29, 1.82) is 0 Å². The quantitative estimate of drug-likeness (QED) is 0.192. The van der Waals surface area contributed by atoms with Crippen LogP contribution in [-0.4, -0.2) is 51.4 Å². The van der Waals surface area contributed by atoms with E-state index in [4.69, 9.17) is 16.3 Å². The van der Waals surface area contributed by atoms with Crippen molar-refractivity contribution in [3.8, 4) is 5.75 Å². The molecule has 0 aromatic heterocycles. The van der Waals surface area contributed by atoms with Gasteiger partial charge >= 0.3 is 0 Å². The molecule has 0 aliphatic carbocycles. The Balaban J connectivity index is 1.82. The molecule has 0 aliphatic rings. The molecule has 4 aromatic rings. The largest absolute Gasteiger partial charge is 0.495 e. The van der Waals surface area contributed by atoms with Crippen molar-refractivity contribution in [1.82, 2.24) is 10.2 Å². The van der Waals surface area contributed by atoms with Crippen LogP contribution in [0.25, 0.3) is 0 Å². The van der Waals surface area contributed by atoms with Gasteiger partial charge in [0.1, 0.15) is 18.3 Å². The van der Waals surface area contributed by atoms with Gasteiger partial charge in [0.2, 0.25) is 11.8 Å². The van der Waals surface area contributed by atoms with E-state index in [1.165, 1.54) is 24.1 Å². The van der Waals surface area contributed by atoms with E-state index in [-0.39, 0.29) is 35.2 Å². The number of benzene rings is 4. The van der Waals surface area contributed by atoms with Crippen molar-refractivity contribution in [2.45, 2.75) is 37.2 Å². The van der Waals surface area contributed by atoms with Crippen LogP contribution in [0.5, 0.6) is 5.75 Å². The third-order valence-corrected chi connectivity index (χ3v) is 9.23. The van der Waals surface area contributed by atoms with Crippen molar-refractivity contribution < 1.29 is 22.7 Å². The number of rotatable bonds is 14. The van der Waals surface area contributed by atoms with Crippen molar-refractivity contribution in [3.05, 3.63) is 125 Å². The van der Waals surface area contributed by atoms with Gasteiger partial charge in [-0.1, -0.05) is 97.4 Å². The molecule has 0 fully saturated rings. The second-order valence-corrected chi connectivity index (χ2v) is 12.4. The minimum absolute atomic E-state index is 0.0119. The van der Waals surface area contributed by atoms with Gasteiger partial charge in [-0.25, -0.2) is 8.42 Å². The van der Waals surface area contributed by atoms with Crippen molar-refractivity contribution in [3.63, 3.8) is 0 Å². The topological polar surface area (TPSA) is 96.0 Å². The predicted octanol–water partition coefficient (Wildman–Crippen LogP) is 5.71. The summed E-state index contributed by atoms with van der Waals surface area (Å²) in [5, 5.41) is 3.36. The maximum absolute atomic E-state index is 14.5. The van der Waals surface area contributed by atoms with Crippen molar-refractivity contribution in [2.24, 2.45) is 0 Å². The molecule has 8 nitrogen and oxygen atoms in total. The van der Waals surface area contributed by atoms with Crippen LogP contribution in [0, 0.1) is 0 Å². The van der Waals surface area contributed by atoms with E-state index in [2.05, 4.69) is 5.32 Å². The summed E-state index contributed by atoms with van der Waals surface area (Å²) >= 11 is 6.53. The first-order valence-corrected chi connectivity index (χ1v) is 16.1. The number of sulfonamides is 1. The molecule has 0 bridgehead atoms. The van der Waals surface area contributed by atoms with Gasteiger partial charge in [0.15, 0.2) is 0 Å². The van der Waals surface area contributed by atoms with Crippen LogP contribution in [-0.2, 0) is 32.6 Å². The average molecular weight is 634 g/mol. The van der Waals surface area contributed by atoms with Crippen molar-refractivity contribution >= 4 is 39.1 Å². The second kappa shape index (κ2) is 15.4. The zero-order valence-corrected chi connectivity index (χ0v) is 26.3. The fourth-order valence-corrected chi connectivity index (χ4v) is 6.44. The highest BCUT2D eigenvalue weighted by Gasteiger charge is 2.35.